The molecule has 0 saturated heterocycles. The summed E-state index contributed by atoms with van der Waals surface area (Å²) in [5.74, 6) is -0.280. The van der Waals surface area contributed by atoms with Crippen LogP contribution in [0.3, 0.4) is 0 Å². The largest absolute Gasteiger partial charge is 0.457 e. The van der Waals surface area contributed by atoms with Crippen LogP contribution in [-0.4, -0.2) is 11.9 Å². The number of hydrogen-bond donors (Lipinski definition) is 1. The average molecular weight is 307 g/mol. The lowest BCUT2D eigenvalue weighted by atomic mass is 10.2. The highest BCUT2D eigenvalue weighted by Gasteiger charge is 2.11. The molecule has 114 valence electrons. The van der Waals surface area contributed by atoms with Crippen molar-refractivity contribution in [2.45, 2.75) is 0 Å². The molecule has 0 fully saturated rings. The lowest BCUT2D eigenvalue weighted by Gasteiger charge is -2.06. The average Bonchev–Trinajstić information content (AvgIpc) is 3.12. The van der Waals surface area contributed by atoms with Crippen molar-refractivity contribution in [3.63, 3.8) is 0 Å². The van der Waals surface area contributed by atoms with Gasteiger partial charge in [-0.3, -0.25) is 4.79 Å². The lowest BCUT2D eigenvalue weighted by molar-refractivity contribution is 0.0701. The normalized spacial score (nSPS) is 10.1. The first kappa shape index (κ1) is 14.6. The van der Waals surface area contributed by atoms with Crippen LogP contribution in [0.25, 0.3) is 0 Å². The molecule has 0 saturated carbocycles. The van der Waals surface area contributed by atoms with Crippen LogP contribution in [0.4, 0.5) is 5.69 Å². The maximum absolute atomic E-state index is 12.0. The van der Waals surface area contributed by atoms with Crippen molar-refractivity contribution in [3.05, 3.63) is 84.3 Å². The monoisotopic (exact) mass is 307 g/mol. The molecule has 0 aliphatic rings. The van der Waals surface area contributed by atoms with Crippen LogP contribution in [0.5, 0.6) is 5.75 Å². The summed E-state index contributed by atoms with van der Waals surface area (Å²) >= 11 is 0. The summed E-state index contributed by atoms with van der Waals surface area (Å²) in [6.07, 6.45) is 1.40. The van der Waals surface area contributed by atoms with Crippen LogP contribution in [-0.2, 0) is 0 Å². The number of nitrogens with one attached hydrogen (secondary N) is 1. The van der Waals surface area contributed by atoms with E-state index in [1.165, 1.54) is 12.3 Å². The fraction of sp³-hybridized carbons (Fsp3) is 0. The van der Waals surface area contributed by atoms with Gasteiger partial charge in [-0.2, -0.15) is 0 Å². The first-order valence-corrected chi connectivity index (χ1v) is 6.94. The van der Waals surface area contributed by atoms with Gasteiger partial charge in [-0.05, 0) is 48.5 Å². The Morgan fingerprint density at radius 2 is 1.61 bits per heavy atom. The van der Waals surface area contributed by atoms with E-state index in [4.69, 9.17) is 9.15 Å². The van der Waals surface area contributed by atoms with Crippen LogP contribution in [0, 0.1) is 0 Å². The summed E-state index contributed by atoms with van der Waals surface area (Å²) < 4.78 is 10.1. The van der Waals surface area contributed by atoms with Gasteiger partial charge in [0.2, 0.25) is 5.76 Å². The Bertz CT molecular complexity index is 793. The molecule has 0 aliphatic heterocycles. The minimum absolute atomic E-state index is 0.131. The molecule has 1 amide bonds. The summed E-state index contributed by atoms with van der Waals surface area (Å²) in [6, 6.07) is 18.6. The number of carbonyl (C=O) groups excluding carboxylic acids is 2. The van der Waals surface area contributed by atoms with Gasteiger partial charge in [0, 0.05) is 11.3 Å². The number of esters is 1. The maximum Gasteiger partial charge on any atom is 0.379 e. The predicted octanol–water partition coefficient (Wildman–Crippen LogP) is 3.75. The molecule has 3 rings (SSSR count). The molecular formula is C18H13NO4. The zero-order chi connectivity index (χ0) is 16.1. The van der Waals surface area contributed by atoms with Crippen molar-refractivity contribution in [1.29, 1.82) is 0 Å². The van der Waals surface area contributed by atoms with Gasteiger partial charge in [-0.15, -0.1) is 0 Å². The van der Waals surface area contributed by atoms with E-state index in [1.54, 1.807) is 54.6 Å². The summed E-state index contributed by atoms with van der Waals surface area (Å²) in [5, 5.41) is 2.77. The zero-order valence-electron chi connectivity index (χ0n) is 12.1. The molecule has 2 aromatic carbocycles. The molecule has 23 heavy (non-hydrogen) atoms. The minimum atomic E-state index is -0.573. The van der Waals surface area contributed by atoms with Crippen LogP contribution < -0.4 is 10.1 Å². The Morgan fingerprint density at radius 3 is 2.26 bits per heavy atom. The van der Waals surface area contributed by atoms with Crippen LogP contribution in [0.1, 0.15) is 20.9 Å². The Kier molecular flexibility index (Phi) is 4.20. The second kappa shape index (κ2) is 6.62. The van der Waals surface area contributed by atoms with Gasteiger partial charge >= 0.3 is 5.97 Å². The number of carbonyl (C=O) groups is 2. The highest BCUT2D eigenvalue weighted by molar-refractivity contribution is 6.04. The number of benzene rings is 2. The van der Waals surface area contributed by atoms with Gasteiger partial charge < -0.3 is 14.5 Å². The third-order valence-electron chi connectivity index (χ3n) is 3.08. The zero-order valence-corrected chi connectivity index (χ0v) is 12.1. The van der Waals surface area contributed by atoms with E-state index in [9.17, 15) is 9.59 Å². The molecule has 1 aromatic heterocycles. The third-order valence-corrected chi connectivity index (χ3v) is 3.08. The second-order valence-electron chi connectivity index (χ2n) is 4.71. The van der Waals surface area contributed by atoms with Crippen LogP contribution in [0.15, 0.2) is 77.4 Å². The Morgan fingerprint density at radius 1 is 0.870 bits per heavy atom. The second-order valence-corrected chi connectivity index (χ2v) is 4.71. The lowest BCUT2D eigenvalue weighted by Crippen LogP contribution is -2.11. The number of amides is 1. The maximum atomic E-state index is 12.0. The van der Waals surface area contributed by atoms with E-state index in [1.807, 2.05) is 6.07 Å². The van der Waals surface area contributed by atoms with Crippen LogP contribution >= 0.6 is 0 Å². The Labute approximate surface area is 132 Å². The summed E-state index contributed by atoms with van der Waals surface area (Å²) in [6.45, 7) is 0. The summed E-state index contributed by atoms with van der Waals surface area (Å²) in [4.78, 5) is 23.8. The van der Waals surface area contributed by atoms with E-state index in [0.717, 1.165) is 0 Å². The third kappa shape index (κ3) is 3.65. The SMILES string of the molecule is O=C(Nc1ccc(OC(=O)c2ccco2)cc1)c1ccccc1. The van der Waals surface area contributed by atoms with E-state index in [-0.39, 0.29) is 11.7 Å². The van der Waals surface area contributed by atoms with Gasteiger partial charge in [0.05, 0.1) is 6.26 Å². The van der Waals surface area contributed by atoms with Crippen molar-refractivity contribution >= 4 is 17.6 Å². The number of furan rings is 1. The fourth-order valence-electron chi connectivity index (χ4n) is 1.95. The summed E-state index contributed by atoms with van der Waals surface area (Å²) in [7, 11) is 0. The predicted molar refractivity (Wildman–Crippen MR) is 84.5 cm³/mol. The van der Waals surface area contributed by atoms with Gasteiger partial charge in [0.25, 0.3) is 5.91 Å². The molecule has 5 heteroatoms. The standard InChI is InChI=1S/C18H13NO4/c20-17(13-5-2-1-3-6-13)19-14-8-10-15(11-9-14)23-18(21)16-7-4-12-22-16/h1-12H,(H,19,20). The highest BCUT2D eigenvalue weighted by atomic mass is 16.5. The van der Waals surface area contributed by atoms with Gasteiger partial charge in [-0.25, -0.2) is 4.79 Å². The first-order valence-electron chi connectivity index (χ1n) is 6.94. The molecule has 0 radical (unpaired) electrons. The number of rotatable bonds is 4. The van der Waals surface area contributed by atoms with Gasteiger partial charge in [0.15, 0.2) is 0 Å². The van der Waals surface area contributed by atoms with Crippen molar-refractivity contribution in [3.8, 4) is 5.75 Å². The van der Waals surface area contributed by atoms with Crippen molar-refractivity contribution < 1.29 is 18.7 Å². The fourth-order valence-corrected chi connectivity index (χ4v) is 1.95. The van der Waals surface area contributed by atoms with Crippen molar-refractivity contribution in [2.75, 3.05) is 5.32 Å². The highest BCUT2D eigenvalue weighted by Crippen LogP contribution is 2.18. The quantitative estimate of drug-likeness (QED) is 0.588. The van der Waals surface area contributed by atoms with Gasteiger partial charge in [0.1, 0.15) is 5.75 Å². The van der Waals surface area contributed by atoms with Crippen molar-refractivity contribution in [2.24, 2.45) is 0 Å². The van der Waals surface area contributed by atoms with E-state index in [0.29, 0.717) is 17.0 Å². The molecule has 3 aromatic rings. The smallest absolute Gasteiger partial charge is 0.379 e. The molecular weight excluding hydrogens is 294 g/mol. The van der Waals surface area contributed by atoms with E-state index in [2.05, 4.69) is 5.32 Å². The van der Waals surface area contributed by atoms with E-state index >= 15 is 0 Å². The van der Waals surface area contributed by atoms with Gasteiger partial charge in [-0.1, -0.05) is 18.2 Å². The molecule has 1 N–H and O–H groups in total. The Balaban J connectivity index is 1.63. The topological polar surface area (TPSA) is 68.5 Å². The Hall–Kier alpha value is -3.34. The van der Waals surface area contributed by atoms with Crippen molar-refractivity contribution in [1.82, 2.24) is 0 Å². The number of ether oxygens (including phenoxy) is 1. The molecule has 0 bridgehead atoms. The first-order chi connectivity index (χ1) is 11.2. The molecule has 0 unspecified atom stereocenters. The summed E-state index contributed by atoms with van der Waals surface area (Å²) in [5.41, 5.74) is 1.18. The number of anilines is 1. The van der Waals surface area contributed by atoms with Crippen LogP contribution in [0.2, 0.25) is 0 Å². The minimum Gasteiger partial charge on any atom is -0.457 e. The molecule has 0 spiro atoms. The molecule has 0 atom stereocenters. The van der Waals surface area contributed by atoms with E-state index < -0.39 is 5.97 Å². The molecule has 5 nitrogen and oxygen atoms in total. The molecule has 0 aliphatic carbocycles. The molecule has 1 heterocycles. The number of hydrogen-bond acceptors (Lipinski definition) is 4.